The van der Waals surface area contributed by atoms with Crippen molar-refractivity contribution in [1.82, 2.24) is 5.32 Å². The summed E-state index contributed by atoms with van der Waals surface area (Å²) < 4.78 is 5.32. The van der Waals surface area contributed by atoms with Crippen molar-refractivity contribution in [2.24, 2.45) is 0 Å². The second kappa shape index (κ2) is 7.17. The zero-order chi connectivity index (χ0) is 16.9. The minimum atomic E-state index is -0.157. The van der Waals surface area contributed by atoms with Gasteiger partial charge in [-0.2, -0.15) is 0 Å². The highest BCUT2D eigenvalue weighted by atomic mass is 16.5. The second-order valence-corrected chi connectivity index (χ2v) is 5.87. The minimum absolute atomic E-state index is 0.0104. The fourth-order valence-electron chi connectivity index (χ4n) is 2.63. The third kappa shape index (κ3) is 3.93. The molecule has 1 aliphatic rings. The molecule has 0 saturated carbocycles. The number of carbonyl (C=O) groups excluding carboxylic acids is 2. The van der Waals surface area contributed by atoms with E-state index in [-0.39, 0.29) is 18.4 Å². The maximum Gasteiger partial charge on any atom is 0.262 e. The molecule has 0 saturated heterocycles. The Bertz CT molecular complexity index is 771. The van der Waals surface area contributed by atoms with Crippen LogP contribution in [0.2, 0.25) is 0 Å². The maximum atomic E-state index is 12.0. The number of ether oxygens (including phenoxy) is 1. The topological polar surface area (TPSA) is 67.4 Å². The molecule has 2 aromatic carbocycles. The van der Waals surface area contributed by atoms with Crippen molar-refractivity contribution in [3.8, 4) is 5.75 Å². The minimum Gasteiger partial charge on any atom is -0.482 e. The number of hydrogen-bond donors (Lipinski definition) is 2. The van der Waals surface area contributed by atoms with Gasteiger partial charge in [-0.25, -0.2) is 0 Å². The van der Waals surface area contributed by atoms with Gasteiger partial charge in [-0.3, -0.25) is 9.59 Å². The second-order valence-electron chi connectivity index (χ2n) is 5.87. The molecule has 0 bridgehead atoms. The predicted octanol–water partition coefficient (Wildman–Crippen LogP) is 2.57. The van der Waals surface area contributed by atoms with Crippen LogP contribution in [-0.2, 0) is 22.6 Å². The molecule has 3 rings (SSSR count). The van der Waals surface area contributed by atoms with Gasteiger partial charge in [-0.05, 0) is 42.2 Å². The van der Waals surface area contributed by atoms with Gasteiger partial charge in [0.1, 0.15) is 5.75 Å². The van der Waals surface area contributed by atoms with Crippen molar-refractivity contribution < 1.29 is 14.3 Å². The van der Waals surface area contributed by atoms with Crippen LogP contribution in [0.4, 0.5) is 5.69 Å². The summed E-state index contributed by atoms with van der Waals surface area (Å²) in [7, 11) is 0. The highest BCUT2D eigenvalue weighted by Gasteiger charge is 2.16. The average Bonchev–Trinajstić information content (AvgIpc) is 2.59. The van der Waals surface area contributed by atoms with E-state index in [1.165, 1.54) is 5.56 Å². The summed E-state index contributed by atoms with van der Waals surface area (Å²) in [6, 6.07) is 13.6. The summed E-state index contributed by atoms with van der Waals surface area (Å²) in [6.45, 7) is 2.62. The predicted molar refractivity (Wildman–Crippen MR) is 91.9 cm³/mol. The molecule has 0 radical (unpaired) electrons. The Morgan fingerprint density at radius 2 is 2.08 bits per heavy atom. The van der Waals surface area contributed by atoms with E-state index < -0.39 is 0 Å². The van der Waals surface area contributed by atoms with Gasteiger partial charge in [0.15, 0.2) is 6.61 Å². The van der Waals surface area contributed by atoms with E-state index in [1.54, 1.807) is 0 Å². The Morgan fingerprint density at radius 1 is 1.25 bits per heavy atom. The molecule has 0 fully saturated rings. The van der Waals surface area contributed by atoms with Crippen LogP contribution in [0.3, 0.4) is 0 Å². The molecule has 24 heavy (non-hydrogen) atoms. The zero-order valence-electron chi connectivity index (χ0n) is 13.6. The molecule has 2 N–H and O–H groups in total. The summed E-state index contributed by atoms with van der Waals surface area (Å²) >= 11 is 0. The van der Waals surface area contributed by atoms with Crippen molar-refractivity contribution in [1.29, 1.82) is 0 Å². The number of rotatable bonds is 5. The molecule has 2 amide bonds. The maximum absolute atomic E-state index is 12.0. The van der Waals surface area contributed by atoms with Crippen LogP contribution in [0.15, 0.2) is 42.5 Å². The van der Waals surface area contributed by atoms with Gasteiger partial charge in [0, 0.05) is 13.0 Å². The lowest BCUT2D eigenvalue weighted by Crippen LogP contribution is -2.25. The van der Waals surface area contributed by atoms with E-state index in [2.05, 4.69) is 10.6 Å². The lowest BCUT2D eigenvalue weighted by Gasteiger charge is -2.18. The van der Waals surface area contributed by atoms with Crippen LogP contribution < -0.4 is 15.4 Å². The Labute approximate surface area is 141 Å². The molecular formula is C19H20N2O3. The van der Waals surface area contributed by atoms with Crippen molar-refractivity contribution in [2.75, 3.05) is 11.9 Å². The Kier molecular flexibility index (Phi) is 4.79. The number of hydrogen-bond acceptors (Lipinski definition) is 3. The van der Waals surface area contributed by atoms with Gasteiger partial charge in [-0.15, -0.1) is 0 Å². The van der Waals surface area contributed by atoms with E-state index in [4.69, 9.17) is 4.74 Å². The number of aryl methyl sites for hydroxylation is 2. The average molecular weight is 324 g/mol. The normalized spacial score (nSPS) is 12.8. The number of carbonyl (C=O) groups is 2. The lowest BCUT2D eigenvalue weighted by molar-refractivity contribution is -0.121. The van der Waals surface area contributed by atoms with E-state index in [9.17, 15) is 9.59 Å². The standard InChI is InChI=1S/C19H20N2O3/c1-13-4-2-3-5-15(13)11-20-18(22)9-7-14-6-8-17-16(10-14)21-19(23)12-24-17/h2-6,8,10H,7,9,11-12H2,1H3,(H,20,22)(H,21,23). The van der Waals surface area contributed by atoms with Crippen LogP contribution in [-0.4, -0.2) is 18.4 Å². The van der Waals surface area contributed by atoms with Crippen molar-refractivity contribution >= 4 is 17.5 Å². The van der Waals surface area contributed by atoms with E-state index >= 15 is 0 Å². The summed E-state index contributed by atoms with van der Waals surface area (Å²) in [5.41, 5.74) is 3.96. The SMILES string of the molecule is Cc1ccccc1CNC(=O)CCc1ccc2c(c1)NC(=O)CO2. The highest BCUT2D eigenvalue weighted by Crippen LogP contribution is 2.28. The van der Waals surface area contributed by atoms with Crippen molar-refractivity contribution in [2.45, 2.75) is 26.3 Å². The molecule has 2 aromatic rings. The molecular weight excluding hydrogens is 304 g/mol. The third-order valence-corrected chi connectivity index (χ3v) is 4.05. The van der Waals surface area contributed by atoms with Gasteiger partial charge in [0.25, 0.3) is 5.91 Å². The fourth-order valence-corrected chi connectivity index (χ4v) is 2.63. The summed E-state index contributed by atoms with van der Waals surface area (Å²) in [5, 5.41) is 5.72. The van der Waals surface area contributed by atoms with Gasteiger partial charge < -0.3 is 15.4 Å². The molecule has 0 unspecified atom stereocenters. The van der Waals surface area contributed by atoms with Gasteiger partial charge in [0.05, 0.1) is 5.69 Å². The quantitative estimate of drug-likeness (QED) is 0.888. The third-order valence-electron chi connectivity index (χ3n) is 4.05. The van der Waals surface area contributed by atoms with Crippen LogP contribution in [0.5, 0.6) is 5.75 Å². The Balaban J connectivity index is 1.52. The van der Waals surface area contributed by atoms with Crippen LogP contribution in [0.1, 0.15) is 23.1 Å². The van der Waals surface area contributed by atoms with Gasteiger partial charge in [-0.1, -0.05) is 30.3 Å². The van der Waals surface area contributed by atoms with Crippen molar-refractivity contribution in [3.05, 3.63) is 59.2 Å². The smallest absolute Gasteiger partial charge is 0.262 e. The van der Waals surface area contributed by atoms with Crippen LogP contribution >= 0.6 is 0 Å². The van der Waals surface area contributed by atoms with Crippen molar-refractivity contribution in [3.63, 3.8) is 0 Å². The van der Waals surface area contributed by atoms with Crippen LogP contribution in [0.25, 0.3) is 0 Å². The highest BCUT2D eigenvalue weighted by molar-refractivity contribution is 5.95. The zero-order valence-corrected chi connectivity index (χ0v) is 13.6. The summed E-state index contributed by atoms with van der Waals surface area (Å²) in [6.07, 6.45) is 1.02. The van der Waals surface area contributed by atoms with Gasteiger partial charge in [0.2, 0.25) is 5.91 Å². The van der Waals surface area contributed by atoms with E-state index in [0.717, 1.165) is 11.1 Å². The molecule has 0 spiro atoms. The first kappa shape index (κ1) is 16.1. The van der Waals surface area contributed by atoms with E-state index in [0.29, 0.717) is 30.8 Å². The monoisotopic (exact) mass is 324 g/mol. The van der Waals surface area contributed by atoms with Gasteiger partial charge >= 0.3 is 0 Å². The first-order chi connectivity index (χ1) is 11.6. The molecule has 124 valence electrons. The largest absolute Gasteiger partial charge is 0.482 e. The fraction of sp³-hybridized carbons (Fsp3) is 0.263. The van der Waals surface area contributed by atoms with E-state index in [1.807, 2.05) is 49.4 Å². The molecule has 5 nitrogen and oxygen atoms in total. The summed E-state index contributed by atoms with van der Waals surface area (Å²) in [4.78, 5) is 23.4. The molecule has 1 heterocycles. The first-order valence-electron chi connectivity index (χ1n) is 7.98. The van der Waals surface area contributed by atoms with Crippen LogP contribution in [0, 0.1) is 6.92 Å². The molecule has 0 aromatic heterocycles. The first-order valence-corrected chi connectivity index (χ1v) is 7.98. The molecule has 0 aliphatic carbocycles. The number of anilines is 1. The number of nitrogens with one attached hydrogen (secondary N) is 2. The number of fused-ring (bicyclic) bond motifs is 1. The lowest BCUT2D eigenvalue weighted by atomic mass is 10.1. The molecule has 5 heteroatoms. The Hall–Kier alpha value is -2.82. The number of amides is 2. The summed E-state index contributed by atoms with van der Waals surface area (Å²) in [5.74, 6) is 0.522. The Morgan fingerprint density at radius 3 is 2.92 bits per heavy atom. The number of benzene rings is 2. The molecule has 1 aliphatic heterocycles. The molecule has 0 atom stereocenters.